The molecule has 130 valence electrons. The van der Waals surface area contributed by atoms with Crippen LogP contribution in [0, 0.1) is 6.92 Å². The van der Waals surface area contributed by atoms with Crippen molar-refractivity contribution in [2.75, 3.05) is 32.8 Å². The molecule has 1 N–H and O–H groups in total. The van der Waals surface area contributed by atoms with Crippen molar-refractivity contribution < 1.29 is 13.9 Å². The quantitative estimate of drug-likeness (QED) is 0.865. The summed E-state index contributed by atoms with van der Waals surface area (Å²) in [6, 6.07) is 3.93. The Hall–Kier alpha value is -1.70. The number of furan rings is 1. The van der Waals surface area contributed by atoms with Gasteiger partial charge in [-0.2, -0.15) is 0 Å². The maximum atomic E-state index is 12.2. The van der Waals surface area contributed by atoms with Crippen molar-refractivity contribution in [2.45, 2.75) is 26.3 Å². The van der Waals surface area contributed by atoms with Crippen LogP contribution in [0.4, 0.5) is 0 Å². The lowest BCUT2D eigenvalue weighted by Gasteiger charge is -2.29. The number of carbonyl (C=O) groups is 1. The van der Waals surface area contributed by atoms with E-state index >= 15 is 0 Å². The molecule has 1 fully saturated rings. The van der Waals surface area contributed by atoms with Crippen LogP contribution in [-0.2, 0) is 16.0 Å². The number of aryl methyl sites for hydroxylation is 1. The molecule has 0 aromatic carbocycles. The van der Waals surface area contributed by atoms with Crippen molar-refractivity contribution >= 4 is 17.2 Å². The molecule has 0 aliphatic carbocycles. The third-order valence-corrected chi connectivity index (χ3v) is 4.79. The first-order valence-electron chi connectivity index (χ1n) is 8.21. The number of hydrogen-bond acceptors (Lipinski definition) is 6. The molecule has 7 heteroatoms. The SMILES string of the molecule is Cc1ccc(-c2nc(CC(=O)N[C@H](C)CN3CCOCC3)cs2)o1. The van der Waals surface area contributed by atoms with Gasteiger partial charge in [-0.25, -0.2) is 4.98 Å². The number of rotatable bonds is 6. The van der Waals surface area contributed by atoms with Crippen LogP contribution in [-0.4, -0.2) is 54.7 Å². The highest BCUT2D eigenvalue weighted by molar-refractivity contribution is 7.13. The van der Waals surface area contributed by atoms with E-state index in [-0.39, 0.29) is 11.9 Å². The number of ether oxygens (including phenoxy) is 1. The lowest BCUT2D eigenvalue weighted by molar-refractivity contribution is -0.121. The third-order valence-electron chi connectivity index (χ3n) is 3.89. The van der Waals surface area contributed by atoms with E-state index in [0.29, 0.717) is 6.42 Å². The van der Waals surface area contributed by atoms with E-state index in [2.05, 4.69) is 15.2 Å². The average molecular weight is 349 g/mol. The molecule has 1 aliphatic heterocycles. The van der Waals surface area contributed by atoms with Crippen molar-refractivity contribution in [2.24, 2.45) is 0 Å². The van der Waals surface area contributed by atoms with Gasteiger partial charge in [-0.1, -0.05) is 0 Å². The van der Waals surface area contributed by atoms with Crippen LogP contribution in [0.2, 0.25) is 0 Å². The van der Waals surface area contributed by atoms with Crippen molar-refractivity contribution in [1.29, 1.82) is 0 Å². The third kappa shape index (κ3) is 4.66. The summed E-state index contributed by atoms with van der Waals surface area (Å²) in [6.07, 6.45) is 0.295. The average Bonchev–Trinajstić information content (AvgIpc) is 3.17. The zero-order chi connectivity index (χ0) is 16.9. The van der Waals surface area contributed by atoms with Gasteiger partial charge in [0.2, 0.25) is 5.91 Å². The molecule has 1 atom stereocenters. The number of thiazole rings is 1. The Kier molecular flexibility index (Phi) is 5.65. The second-order valence-corrected chi connectivity index (χ2v) is 6.97. The van der Waals surface area contributed by atoms with Gasteiger partial charge in [-0.05, 0) is 26.0 Å². The maximum absolute atomic E-state index is 12.2. The van der Waals surface area contributed by atoms with E-state index in [0.717, 1.165) is 55.1 Å². The summed E-state index contributed by atoms with van der Waals surface area (Å²) in [7, 11) is 0. The van der Waals surface area contributed by atoms with Gasteiger partial charge in [-0.15, -0.1) is 11.3 Å². The number of nitrogens with zero attached hydrogens (tertiary/aromatic N) is 2. The van der Waals surface area contributed by atoms with Crippen LogP contribution < -0.4 is 5.32 Å². The van der Waals surface area contributed by atoms with Gasteiger partial charge >= 0.3 is 0 Å². The zero-order valence-electron chi connectivity index (χ0n) is 14.1. The predicted octanol–water partition coefficient (Wildman–Crippen LogP) is 2.09. The first-order chi connectivity index (χ1) is 11.6. The second kappa shape index (κ2) is 7.92. The highest BCUT2D eigenvalue weighted by Crippen LogP contribution is 2.25. The van der Waals surface area contributed by atoms with Gasteiger partial charge in [0.15, 0.2) is 10.8 Å². The Morgan fingerprint density at radius 1 is 1.42 bits per heavy atom. The summed E-state index contributed by atoms with van der Waals surface area (Å²) in [6.45, 7) is 8.19. The van der Waals surface area contributed by atoms with Crippen LogP contribution in [0.1, 0.15) is 18.4 Å². The largest absolute Gasteiger partial charge is 0.459 e. The van der Waals surface area contributed by atoms with Crippen molar-refractivity contribution in [3.63, 3.8) is 0 Å². The molecule has 3 heterocycles. The fraction of sp³-hybridized carbons (Fsp3) is 0.529. The van der Waals surface area contributed by atoms with E-state index in [4.69, 9.17) is 9.15 Å². The van der Waals surface area contributed by atoms with Crippen molar-refractivity contribution in [1.82, 2.24) is 15.2 Å². The Balaban J connectivity index is 1.48. The standard InChI is InChI=1S/C17H23N3O3S/c1-12(10-20-5-7-22-8-6-20)18-16(21)9-14-11-24-17(19-14)15-4-3-13(2)23-15/h3-4,11-12H,5-10H2,1-2H3,(H,18,21)/t12-/m1/s1. The number of carbonyl (C=O) groups excluding carboxylic acids is 1. The first kappa shape index (κ1) is 17.1. The van der Waals surface area contributed by atoms with Crippen LogP contribution in [0.3, 0.4) is 0 Å². The normalized spacial score (nSPS) is 16.9. The summed E-state index contributed by atoms with van der Waals surface area (Å²) < 4.78 is 10.9. The van der Waals surface area contributed by atoms with Gasteiger partial charge in [0.05, 0.1) is 25.3 Å². The maximum Gasteiger partial charge on any atom is 0.226 e. The Labute approximate surface area is 145 Å². The van der Waals surface area contributed by atoms with Gasteiger partial charge in [-0.3, -0.25) is 9.69 Å². The molecule has 0 bridgehead atoms. The molecule has 1 aliphatic rings. The molecule has 0 radical (unpaired) electrons. The number of morpholine rings is 1. The van der Waals surface area contributed by atoms with E-state index in [1.807, 2.05) is 31.4 Å². The van der Waals surface area contributed by atoms with E-state index in [1.54, 1.807) is 0 Å². The minimum Gasteiger partial charge on any atom is -0.459 e. The zero-order valence-corrected chi connectivity index (χ0v) is 14.9. The van der Waals surface area contributed by atoms with Crippen molar-refractivity contribution in [3.05, 3.63) is 29.0 Å². The van der Waals surface area contributed by atoms with Gasteiger partial charge in [0.25, 0.3) is 0 Å². The molecule has 0 saturated carbocycles. The van der Waals surface area contributed by atoms with E-state index < -0.39 is 0 Å². The fourth-order valence-corrected chi connectivity index (χ4v) is 3.54. The fourth-order valence-electron chi connectivity index (χ4n) is 2.76. The van der Waals surface area contributed by atoms with Crippen LogP contribution in [0.15, 0.2) is 21.9 Å². The summed E-state index contributed by atoms with van der Waals surface area (Å²) in [5.41, 5.74) is 0.778. The molecule has 1 saturated heterocycles. The Bertz CT molecular complexity index is 676. The van der Waals surface area contributed by atoms with Crippen LogP contribution >= 0.6 is 11.3 Å². The molecule has 0 spiro atoms. The molecule has 2 aromatic rings. The topological polar surface area (TPSA) is 67.6 Å². The summed E-state index contributed by atoms with van der Waals surface area (Å²) in [4.78, 5) is 19.0. The monoisotopic (exact) mass is 349 g/mol. The molecular weight excluding hydrogens is 326 g/mol. The summed E-state index contributed by atoms with van der Waals surface area (Å²) in [5, 5.41) is 5.78. The molecule has 24 heavy (non-hydrogen) atoms. The lowest BCUT2D eigenvalue weighted by atomic mass is 10.2. The number of hydrogen-bond donors (Lipinski definition) is 1. The molecule has 1 amide bonds. The summed E-state index contributed by atoms with van der Waals surface area (Å²) >= 11 is 1.50. The smallest absolute Gasteiger partial charge is 0.226 e. The van der Waals surface area contributed by atoms with Crippen LogP contribution in [0.5, 0.6) is 0 Å². The van der Waals surface area contributed by atoms with E-state index in [1.165, 1.54) is 11.3 Å². The van der Waals surface area contributed by atoms with Gasteiger partial charge in [0.1, 0.15) is 5.76 Å². The van der Waals surface area contributed by atoms with E-state index in [9.17, 15) is 4.79 Å². The summed E-state index contributed by atoms with van der Waals surface area (Å²) in [5.74, 6) is 1.62. The molecule has 2 aromatic heterocycles. The molecule has 6 nitrogen and oxygen atoms in total. The number of nitrogens with one attached hydrogen (secondary N) is 1. The minimum atomic E-state index is 0.00300. The van der Waals surface area contributed by atoms with Gasteiger partial charge < -0.3 is 14.5 Å². The predicted molar refractivity (Wildman–Crippen MR) is 93.1 cm³/mol. The van der Waals surface area contributed by atoms with Crippen molar-refractivity contribution in [3.8, 4) is 10.8 Å². The Morgan fingerprint density at radius 2 is 2.21 bits per heavy atom. The highest BCUT2D eigenvalue weighted by atomic mass is 32.1. The second-order valence-electron chi connectivity index (χ2n) is 6.11. The number of amides is 1. The minimum absolute atomic E-state index is 0.00300. The number of aromatic nitrogens is 1. The molecular formula is C17H23N3O3S. The molecule has 0 unspecified atom stereocenters. The first-order valence-corrected chi connectivity index (χ1v) is 9.09. The lowest BCUT2D eigenvalue weighted by Crippen LogP contribution is -2.46. The van der Waals surface area contributed by atoms with Crippen LogP contribution in [0.25, 0.3) is 10.8 Å². The molecule has 3 rings (SSSR count). The highest BCUT2D eigenvalue weighted by Gasteiger charge is 2.16. The Morgan fingerprint density at radius 3 is 2.92 bits per heavy atom. The van der Waals surface area contributed by atoms with Gasteiger partial charge in [0, 0.05) is 31.1 Å².